The van der Waals surface area contributed by atoms with E-state index in [1.54, 1.807) is 23.5 Å². The number of methoxy groups -OCH3 is 1. The van der Waals surface area contributed by atoms with Gasteiger partial charge in [0.15, 0.2) is 0 Å². The third-order valence-electron chi connectivity index (χ3n) is 2.42. The minimum absolute atomic E-state index is 0.338. The van der Waals surface area contributed by atoms with Crippen molar-refractivity contribution < 1.29 is 9.53 Å². The smallest absolute Gasteiger partial charge is 0.337 e. The summed E-state index contributed by atoms with van der Waals surface area (Å²) in [6.45, 7) is 0. The monoisotopic (exact) mass is 278 g/mol. The van der Waals surface area contributed by atoms with E-state index in [4.69, 9.17) is 11.6 Å². The second kappa shape index (κ2) is 5.85. The molecule has 0 aliphatic rings. The lowest BCUT2D eigenvalue weighted by Gasteiger charge is -2.00. The fourth-order valence-electron chi connectivity index (χ4n) is 1.46. The Morgan fingerprint density at radius 3 is 2.50 bits per heavy atom. The second-order valence-corrected chi connectivity index (χ2v) is 4.81. The molecule has 0 unspecified atom stereocenters. The van der Waals surface area contributed by atoms with Crippen molar-refractivity contribution in [2.45, 2.75) is 0 Å². The van der Waals surface area contributed by atoms with Crippen LogP contribution in [-0.2, 0) is 4.74 Å². The van der Waals surface area contributed by atoms with E-state index < -0.39 is 0 Å². The molecule has 0 aliphatic carbocycles. The molecule has 0 aliphatic heterocycles. The van der Waals surface area contributed by atoms with Crippen molar-refractivity contribution in [1.82, 2.24) is 0 Å². The summed E-state index contributed by atoms with van der Waals surface area (Å²) in [4.78, 5) is 11.3. The number of thiophene rings is 1. The number of carbonyl (C=O) groups is 1. The Labute approximate surface area is 114 Å². The van der Waals surface area contributed by atoms with Crippen LogP contribution in [0, 0.1) is 0 Å². The maximum atomic E-state index is 11.3. The van der Waals surface area contributed by atoms with Gasteiger partial charge < -0.3 is 4.74 Å². The van der Waals surface area contributed by atoms with Gasteiger partial charge in [0, 0.05) is 10.6 Å². The molecule has 2 rings (SSSR count). The largest absolute Gasteiger partial charge is 0.465 e. The first-order chi connectivity index (χ1) is 8.70. The van der Waals surface area contributed by atoms with E-state index in [9.17, 15) is 4.79 Å². The van der Waals surface area contributed by atoms with Crippen LogP contribution in [0.4, 0.5) is 0 Å². The number of rotatable bonds is 3. The zero-order valence-corrected chi connectivity index (χ0v) is 11.3. The lowest BCUT2D eigenvalue weighted by molar-refractivity contribution is 0.0601. The molecular formula is C14H11ClO2S. The summed E-state index contributed by atoms with van der Waals surface area (Å²) in [6.07, 6.45) is 1.87. The van der Waals surface area contributed by atoms with Crippen LogP contribution in [0.5, 0.6) is 0 Å². The molecule has 18 heavy (non-hydrogen) atoms. The summed E-state index contributed by atoms with van der Waals surface area (Å²) in [5, 5.41) is 4.65. The zero-order chi connectivity index (χ0) is 13.0. The van der Waals surface area contributed by atoms with Crippen LogP contribution >= 0.6 is 22.9 Å². The Morgan fingerprint density at radius 1 is 1.22 bits per heavy atom. The number of hydrogen-bond acceptors (Lipinski definition) is 3. The molecule has 0 N–H and O–H groups in total. The highest BCUT2D eigenvalue weighted by Gasteiger charge is 2.04. The van der Waals surface area contributed by atoms with E-state index in [1.165, 1.54) is 7.11 Å². The van der Waals surface area contributed by atoms with Gasteiger partial charge in [0.2, 0.25) is 0 Å². The van der Waals surface area contributed by atoms with Crippen LogP contribution in [0.15, 0.2) is 41.1 Å². The van der Waals surface area contributed by atoms with Crippen molar-refractivity contribution in [3.8, 4) is 0 Å². The average molecular weight is 279 g/mol. The average Bonchev–Trinajstić information content (AvgIpc) is 2.92. The molecule has 0 atom stereocenters. The van der Waals surface area contributed by atoms with Gasteiger partial charge in [0.1, 0.15) is 0 Å². The van der Waals surface area contributed by atoms with Crippen LogP contribution in [-0.4, -0.2) is 13.1 Å². The summed E-state index contributed by atoms with van der Waals surface area (Å²) in [6, 6.07) is 9.07. The van der Waals surface area contributed by atoms with Crippen molar-refractivity contribution in [1.29, 1.82) is 0 Å². The first-order valence-electron chi connectivity index (χ1n) is 5.29. The normalized spacial score (nSPS) is 11.3. The van der Waals surface area contributed by atoms with Gasteiger partial charge in [-0.05, 0) is 40.6 Å². The van der Waals surface area contributed by atoms with E-state index in [1.807, 2.05) is 35.0 Å². The molecular weight excluding hydrogens is 268 g/mol. The number of carbonyl (C=O) groups excluding carboxylic acids is 1. The third-order valence-corrected chi connectivity index (χ3v) is 3.43. The number of hydrogen-bond donors (Lipinski definition) is 0. The highest BCUT2D eigenvalue weighted by Crippen LogP contribution is 2.24. The number of ether oxygens (including phenoxy) is 1. The summed E-state index contributed by atoms with van der Waals surface area (Å²) < 4.78 is 4.64. The van der Waals surface area contributed by atoms with Crippen molar-refractivity contribution in [3.63, 3.8) is 0 Å². The van der Waals surface area contributed by atoms with Gasteiger partial charge in [-0.1, -0.05) is 23.7 Å². The highest BCUT2D eigenvalue weighted by molar-refractivity contribution is 7.08. The molecule has 2 nitrogen and oxygen atoms in total. The van der Waals surface area contributed by atoms with Gasteiger partial charge in [-0.25, -0.2) is 4.79 Å². The molecule has 1 aromatic carbocycles. The van der Waals surface area contributed by atoms with Crippen LogP contribution in [0.1, 0.15) is 21.5 Å². The SMILES string of the molecule is COC(=O)c1ccc(/C=C(\Cl)c2ccsc2)cc1. The van der Waals surface area contributed by atoms with Gasteiger partial charge in [0.05, 0.1) is 12.7 Å². The molecule has 0 saturated carbocycles. The topological polar surface area (TPSA) is 26.3 Å². The molecule has 4 heteroatoms. The molecule has 92 valence electrons. The maximum Gasteiger partial charge on any atom is 0.337 e. The number of esters is 1. The second-order valence-electron chi connectivity index (χ2n) is 3.62. The highest BCUT2D eigenvalue weighted by atomic mass is 35.5. The summed E-state index contributed by atoms with van der Waals surface area (Å²) in [7, 11) is 1.36. The van der Waals surface area contributed by atoms with E-state index in [0.29, 0.717) is 10.6 Å². The predicted molar refractivity (Wildman–Crippen MR) is 75.8 cm³/mol. The molecule has 1 aromatic heterocycles. The molecule has 0 amide bonds. The van der Waals surface area contributed by atoms with Crippen LogP contribution in [0.2, 0.25) is 0 Å². The van der Waals surface area contributed by atoms with E-state index in [0.717, 1.165) is 11.1 Å². The summed E-state index contributed by atoms with van der Waals surface area (Å²) in [5.74, 6) is -0.338. The van der Waals surface area contributed by atoms with Crippen LogP contribution < -0.4 is 0 Å². The minimum Gasteiger partial charge on any atom is -0.465 e. The first kappa shape index (κ1) is 12.9. The lowest BCUT2D eigenvalue weighted by atomic mass is 10.1. The van der Waals surface area contributed by atoms with Crippen LogP contribution in [0.25, 0.3) is 11.1 Å². The zero-order valence-electron chi connectivity index (χ0n) is 9.72. The Bertz CT molecular complexity index is 556. The number of benzene rings is 1. The maximum absolute atomic E-state index is 11.3. The third kappa shape index (κ3) is 3.00. The van der Waals surface area contributed by atoms with Crippen molar-refractivity contribution in [2.75, 3.05) is 7.11 Å². The van der Waals surface area contributed by atoms with Crippen molar-refractivity contribution in [2.24, 2.45) is 0 Å². The quantitative estimate of drug-likeness (QED) is 0.784. The Balaban J connectivity index is 2.20. The number of halogens is 1. The molecule has 2 aromatic rings. The van der Waals surface area contributed by atoms with Crippen molar-refractivity contribution >= 4 is 40.0 Å². The van der Waals surface area contributed by atoms with Gasteiger partial charge in [-0.15, -0.1) is 0 Å². The van der Waals surface area contributed by atoms with E-state index in [-0.39, 0.29) is 5.97 Å². The Kier molecular flexibility index (Phi) is 4.18. The van der Waals surface area contributed by atoms with Gasteiger partial charge in [-0.2, -0.15) is 11.3 Å². The Hall–Kier alpha value is -1.58. The first-order valence-corrected chi connectivity index (χ1v) is 6.61. The van der Waals surface area contributed by atoms with Crippen molar-refractivity contribution in [3.05, 3.63) is 57.8 Å². The molecule has 0 saturated heterocycles. The fourth-order valence-corrected chi connectivity index (χ4v) is 2.43. The predicted octanol–water partition coefficient (Wildman–Crippen LogP) is 4.27. The summed E-state index contributed by atoms with van der Waals surface area (Å²) >= 11 is 7.79. The molecule has 0 radical (unpaired) electrons. The van der Waals surface area contributed by atoms with Gasteiger partial charge >= 0.3 is 5.97 Å². The standard InChI is InChI=1S/C14H11ClO2S/c1-17-14(16)11-4-2-10(3-5-11)8-13(15)12-6-7-18-9-12/h2-9H,1H3/b13-8-. The van der Waals surface area contributed by atoms with Gasteiger partial charge in [-0.3, -0.25) is 0 Å². The lowest BCUT2D eigenvalue weighted by Crippen LogP contribution is -2.00. The molecule has 0 fully saturated rings. The minimum atomic E-state index is -0.338. The van der Waals surface area contributed by atoms with Crippen LogP contribution in [0.3, 0.4) is 0 Å². The van der Waals surface area contributed by atoms with E-state index >= 15 is 0 Å². The molecule has 1 heterocycles. The molecule has 0 spiro atoms. The fraction of sp³-hybridized carbons (Fsp3) is 0.0714. The molecule has 0 bridgehead atoms. The van der Waals surface area contributed by atoms with Gasteiger partial charge in [0.25, 0.3) is 0 Å². The summed E-state index contributed by atoms with van der Waals surface area (Å²) in [5.41, 5.74) is 2.47. The van der Waals surface area contributed by atoms with E-state index in [2.05, 4.69) is 4.74 Å². The Morgan fingerprint density at radius 2 is 1.94 bits per heavy atom.